The van der Waals surface area contributed by atoms with Crippen molar-refractivity contribution in [1.29, 1.82) is 0 Å². The average molecular weight is 267 g/mol. The molecular weight excluding hydrogens is 242 g/mol. The van der Waals surface area contributed by atoms with E-state index >= 15 is 0 Å². The Kier molecular flexibility index (Phi) is 5.22. The summed E-state index contributed by atoms with van der Waals surface area (Å²) in [5.74, 6) is 0.785. The second kappa shape index (κ2) is 6.69. The van der Waals surface area contributed by atoms with Gasteiger partial charge in [0.2, 0.25) is 0 Å². The highest BCUT2D eigenvalue weighted by Gasteiger charge is 2.36. The molecule has 1 aliphatic carbocycles. The van der Waals surface area contributed by atoms with Crippen LogP contribution in [-0.4, -0.2) is 25.8 Å². The molecule has 0 aromatic carbocycles. The minimum atomic E-state index is 0.396. The van der Waals surface area contributed by atoms with Gasteiger partial charge in [0, 0.05) is 22.4 Å². The van der Waals surface area contributed by atoms with Crippen molar-refractivity contribution in [3.8, 4) is 0 Å². The highest BCUT2D eigenvalue weighted by molar-refractivity contribution is 7.11. The Morgan fingerprint density at radius 1 is 1.33 bits per heavy atom. The molecule has 2 rings (SSSR count). The number of rotatable bonds is 8. The van der Waals surface area contributed by atoms with Gasteiger partial charge in [-0.2, -0.15) is 0 Å². The quantitative estimate of drug-likeness (QED) is 0.780. The third-order valence-electron chi connectivity index (χ3n) is 3.70. The molecule has 18 heavy (non-hydrogen) atoms. The minimum absolute atomic E-state index is 0.396. The molecule has 2 unspecified atom stereocenters. The molecule has 0 radical (unpaired) electrons. The number of aryl methyl sites for hydroxylation is 1. The summed E-state index contributed by atoms with van der Waals surface area (Å²) in [5.41, 5.74) is 0. The van der Waals surface area contributed by atoms with E-state index in [1.54, 1.807) is 0 Å². The Hall–Kier alpha value is -0.380. The fourth-order valence-corrected chi connectivity index (χ4v) is 3.54. The highest BCUT2D eigenvalue weighted by Crippen LogP contribution is 2.36. The van der Waals surface area contributed by atoms with Crippen molar-refractivity contribution in [2.24, 2.45) is 5.92 Å². The molecule has 2 atom stereocenters. The van der Waals surface area contributed by atoms with Crippen molar-refractivity contribution < 1.29 is 4.74 Å². The van der Waals surface area contributed by atoms with Gasteiger partial charge in [0.15, 0.2) is 0 Å². The van der Waals surface area contributed by atoms with Gasteiger partial charge in [0.25, 0.3) is 0 Å². The van der Waals surface area contributed by atoms with E-state index in [1.165, 1.54) is 22.6 Å². The van der Waals surface area contributed by atoms with Crippen LogP contribution in [0.4, 0.5) is 0 Å². The van der Waals surface area contributed by atoms with Crippen LogP contribution in [0.5, 0.6) is 0 Å². The zero-order chi connectivity index (χ0) is 13.0. The van der Waals surface area contributed by atoms with Crippen molar-refractivity contribution in [1.82, 2.24) is 5.32 Å². The number of ether oxygens (including phenoxy) is 1. The molecule has 102 valence electrons. The molecule has 0 aliphatic heterocycles. The van der Waals surface area contributed by atoms with E-state index in [-0.39, 0.29) is 0 Å². The van der Waals surface area contributed by atoms with Gasteiger partial charge in [0.1, 0.15) is 0 Å². The van der Waals surface area contributed by atoms with Crippen LogP contribution in [-0.2, 0) is 17.6 Å². The summed E-state index contributed by atoms with van der Waals surface area (Å²) < 4.78 is 5.97. The lowest BCUT2D eigenvalue weighted by Gasteiger charge is -2.26. The molecule has 1 fully saturated rings. The number of thiophene rings is 1. The van der Waals surface area contributed by atoms with Crippen LogP contribution in [0, 0.1) is 5.92 Å². The van der Waals surface area contributed by atoms with Gasteiger partial charge in [-0.05, 0) is 57.7 Å². The van der Waals surface area contributed by atoms with Crippen LogP contribution >= 0.6 is 11.3 Å². The van der Waals surface area contributed by atoms with Crippen molar-refractivity contribution in [2.45, 2.75) is 51.7 Å². The molecule has 1 N–H and O–H groups in total. The zero-order valence-corrected chi connectivity index (χ0v) is 12.6. The number of likely N-dealkylation sites (N-methyl/N-ethyl adjacent to an activating group) is 1. The molecule has 2 nitrogen and oxygen atoms in total. The first-order chi connectivity index (χ1) is 8.78. The summed E-state index contributed by atoms with van der Waals surface area (Å²) in [5, 5.41) is 3.47. The maximum absolute atomic E-state index is 5.97. The lowest BCUT2D eigenvalue weighted by molar-refractivity contribution is 0.0213. The lowest BCUT2D eigenvalue weighted by Crippen LogP contribution is -2.42. The van der Waals surface area contributed by atoms with Gasteiger partial charge in [0.05, 0.1) is 6.10 Å². The predicted octanol–water partition coefficient (Wildman–Crippen LogP) is 3.26. The summed E-state index contributed by atoms with van der Waals surface area (Å²) in [6, 6.07) is 5.00. The maximum Gasteiger partial charge on any atom is 0.0759 e. The zero-order valence-electron chi connectivity index (χ0n) is 11.7. The monoisotopic (exact) mass is 267 g/mol. The van der Waals surface area contributed by atoms with Crippen LogP contribution in [0.1, 0.15) is 36.4 Å². The van der Waals surface area contributed by atoms with Gasteiger partial charge in [-0.3, -0.25) is 0 Å². The van der Waals surface area contributed by atoms with Gasteiger partial charge >= 0.3 is 0 Å². The topological polar surface area (TPSA) is 21.3 Å². The first kappa shape index (κ1) is 14.0. The van der Waals surface area contributed by atoms with E-state index in [2.05, 4.69) is 38.3 Å². The molecule has 0 saturated heterocycles. The number of hydrogen-bond donors (Lipinski definition) is 1. The van der Waals surface area contributed by atoms with Crippen LogP contribution in [0.15, 0.2) is 12.1 Å². The number of nitrogens with one attached hydrogen (secondary N) is 1. The van der Waals surface area contributed by atoms with Crippen LogP contribution < -0.4 is 5.32 Å². The van der Waals surface area contributed by atoms with Crippen LogP contribution in [0.25, 0.3) is 0 Å². The van der Waals surface area contributed by atoms with E-state index in [1.807, 2.05) is 11.3 Å². The third kappa shape index (κ3) is 3.56. The summed E-state index contributed by atoms with van der Waals surface area (Å²) in [4.78, 5) is 2.97. The highest BCUT2D eigenvalue weighted by atomic mass is 32.1. The van der Waals surface area contributed by atoms with Gasteiger partial charge in [-0.15, -0.1) is 11.3 Å². The first-order valence-corrected chi connectivity index (χ1v) is 7.96. The molecule has 0 bridgehead atoms. The standard InChI is InChI=1S/C15H25NOS/c1-4-12-8-9-13(18-12)10-14(16-3)15(17-5-2)11-6-7-11/h8-9,11,14-16H,4-7,10H2,1-3H3. The first-order valence-electron chi connectivity index (χ1n) is 7.14. The molecular formula is C15H25NOS. The molecule has 3 heteroatoms. The van der Waals surface area contributed by atoms with Gasteiger partial charge < -0.3 is 10.1 Å². The summed E-state index contributed by atoms with van der Waals surface area (Å²) in [6.07, 6.45) is 5.32. The third-order valence-corrected chi connectivity index (χ3v) is 4.95. The predicted molar refractivity (Wildman–Crippen MR) is 78.4 cm³/mol. The second-order valence-electron chi connectivity index (χ2n) is 5.08. The minimum Gasteiger partial charge on any atom is -0.377 e. The smallest absolute Gasteiger partial charge is 0.0759 e. The van der Waals surface area contributed by atoms with Crippen molar-refractivity contribution in [3.05, 3.63) is 21.9 Å². The Balaban J connectivity index is 1.98. The number of hydrogen-bond acceptors (Lipinski definition) is 3. The second-order valence-corrected chi connectivity index (χ2v) is 6.33. The molecule has 0 spiro atoms. The van der Waals surface area contributed by atoms with Crippen LogP contribution in [0.3, 0.4) is 0 Å². The van der Waals surface area contributed by atoms with E-state index in [9.17, 15) is 0 Å². The summed E-state index contributed by atoms with van der Waals surface area (Å²) in [7, 11) is 2.06. The van der Waals surface area contributed by atoms with Gasteiger partial charge in [-0.25, -0.2) is 0 Å². The maximum atomic E-state index is 5.97. The average Bonchev–Trinajstić information content (AvgIpc) is 3.13. The van der Waals surface area contributed by atoms with Crippen molar-refractivity contribution >= 4 is 11.3 Å². The Morgan fingerprint density at radius 2 is 2.06 bits per heavy atom. The lowest BCUT2D eigenvalue weighted by atomic mass is 10.0. The summed E-state index contributed by atoms with van der Waals surface area (Å²) in [6.45, 7) is 5.14. The normalized spacial score (nSPS) is 18.8. The summed E-state index contributed by atoms with van der Waals surface area (Å²) >= 11 is 1.95. The van der Waals surface area contributed by atoms with E-state index < -0.39 is 0 Å². The fraction of sp³-hybridized carbons (Fsp3) is 0.733. The Labute approximate surface area is 115 Å². The molecule has 1 aromatic rings. The largest absolute Gasteiger partial charge is 0.377 e. The van der Waals surface area contributed by atoms with E-state index in [0.29, 0.717) is 12.1 Å². The molecule has 1 heterocycles. The Morgan fingerprint density at radius 3 is 2.56 bits per heavy atom. The Bertz CT molecular complexity index is 359. The van der Waals surface area contributed by atoms with Gasteiger partial charge in [-0.1, -0.05) is 6.92 Å². The molecule has 1 aliphatic rings. The van der Waals surface area contributed by atoms with E-state index in [0.717, 1.165) is 25.4 Å². The van der Waals surface area contributed by atoms with Crippen molar-refractivity contribution in [2.75, 3.05) is 13.7 Å². The van der Waals surface area contributed by atoms with Crippen LogP contribution in [0.2, 0.25) is 0 Å². The van der Waals surface area contributed by atoms with Crippen molar-refractivity contribution in [3.63, 3.8) is 0 Å². The molecule has 1 aromatic heterocycles. The fourth-order valence-electron chi connectivity index (χ4n) is 2.52. The van der Waals surface area contributed by atoms with E-state index in [4.69, 9.17) is 4.74 Å². The SMILES string of the molecule is CCOC(C1CC1)C(Cc1ccc(CC)s1)NC. The molecule has 0 amide bonds. The molecule has 1 saturated carbocycles.